The molecule has 1 aromatic carbocycles. The molecule has 0 aliphatic rings. The molecule has 0 heterocycles. The highest BCUT2D eigenvalue weighted by molar-refractivity contribution is 6.31. The van der Waals surface area contributed by atoms with Gasteiger partial charge in [-0.25, -0.2) is 0 Å². The molecule has 70 valence electrons. The summed E-state index contributed by atoms with van der Waals surface area (Å²) < 4.78 is 4.62. The smallest absolute Gasteiger partial charge is 0.312 e. The lowest BCUT2D eigenvalue weighted by molar-refractivity contribution is -0.141. The number of ether oxygens (including phenoxy) is 1. The average molecular weight is 199 g/mol. The second-order valence-electron chi connectivity index (χ2n) is 2.77. The van der Waals surface area contributed by atoms with Gasteiger partial charge in [0.2, 0.25) is 0 Å². The van der Waals surface area contributed by atoms with Gasteiger partial charge in [0.1, 0.15) is 0 Å². The standard InChI is InChI=1S/C10H11ClO2/c1-7(10(12)13-2)8-5-3-4-6-9(8)11/h3-7H,1-2H3. The van der Waals surface area contributed by atoms with Crippen LogP contribution in [0.4, 0.5) is 0 Å². The van der Waals surface area contributed by atoms with Crippen LogP contribution in [0.5, 0.6) is 0 Å². The van der Waals surface area contributed by atoms with E-state index in [2.05, 4.69) is 4.74 Å². The number of hydrogen-bond donors (Lipinski definition) is 0. The fourth-order valence-corrected chi connectivity index (χ4v) is 1.43. The topological polar surface area (TPSA) is 26.3 Å². The van der Waals surface area contributed by atoms with Crippen molar-refractivity contribution in [3.63, 3.8) is 0 Å². The molecule has 0 spiro atoms. The quantitative estimate of drug-likeness (QED) is 0.683. The lowest BCUT2D eigenvalue weighted by Crippen LogP contribution is -2.10. The first-order chi connectivity index (χ1) is 6.16. The van der Waals surface area contributed by atoms with Gasteiger partial charge >= 0.3 is 5.97 Å². The van der Waals surface area contributed by atoms with Gasteiger partial charge in [-0.3, -0.25) is 4.79 Å². The number of methoxy groups -OCH3 is 1. The van der Waals surface area contributed by atoms with Crippen molar-refractivity contribution < 1.29 is 9.53 Å². The zero-order valence-electron chi connectivity index (χ0n) is 7.58. The largest absolute Gasteiger partial charge is 0.469 e. The molecule has 1 unspecified atom stereocenters. The third-order valence-corrected chi connectivity index (χ3v) is 2.27. The Morgan fingerprint density at radius 2 is 2.08 bits per heavy atom. The Morgan fingerprint density at radius 3 is 2.62 bits per heavy atom. The van der Waals surface area contributed by atoms with Gasteiger partial charge in [0.15, 0.2) is 0 Å². The van der Waals surface area contributed by atoms with Crippen LogP contribution in [0.2, 0.25) is 5.02 Å². The van der Waals surface area contributed by atoms with Crippen molar-refractivity contribution in [2.75, 3.05) is 7.11 Å². The summed E-state index contributed by atoms with van der Waals surface area (Å²) in [5.74, 6) is -0.577. The van der Waals surface area contributed by atoms with Crippen LogP contribution in [0.25, 0.3) is 0 Å². The van der Waals surface area contributed by atoms with Gasteiger partial charge in [-0.2, -0.15) is 0 Å². The molecule has 1 rings (SSSR count). The van der Waals surface area contributed by atoms with E-state index in [0.717, 1.165) is 5.56 Å². The van der Waals surface area contributed by atoms with E-state index in [1.807, 2.05) is 18.2 Å². The number of carbonyl (C=O) groups excluding carboxylic acids is 1. The lowest BCUT2D eigenvalue weighted by atomic mass is 10.0. The second-order valence-corrected chi connectivity index (χ2v) is 3.17. The Hall–Kier alpha value is -1.02. The third kappa shape index (κ3) is 2.22. The van der Waals surface area contributed by atoms with E-state index < -0.39 is 0 Å². The molecular weight excluding hydrogens is 188 g/mol. The highest BCUT2D eigenvalue weighted by atomic mass is 35.5. The first-order valence-corrected chi connectivity index (χ1v) is 4.37. The zero-order valence-corrected chi connectivity index (χ0v) is 8.34. The molecule has 0 saturated carbocycles. The van der Waals surface area contributed by atoms with Crippen molar-refractivity contribution in [1.82, 2.24) is 0 Å². The molecule has 1 atom stereocenters. The van der Waals surface area contributed by atoms with E-state index in [-0.39, 0.29) is 11.9 Å². The predicted molar refractivity (Wildman–Crippen MR) is 51.9 cm³/mol. The van der Waals surface area contributed by atoms with Gasteiger partial charge < -0.3 is 4.74 Å². The van der Waals surface area contributed by atoms with Crippen LogP contribution in [-0.4, -0.2) is 13.1 Å². The van der Waals surface area contributed by atoms with Gasteiger partial charge in [-0.05, 0) is 18.6 Å². The summed E-state index contributed by atoms with van der Waals surface area (Å²) in [5, 5.41) is 0.598. The maximum atomic E-state index is 11.2. The summed E-state index contributed by atoms with van der Waals surface area (Å²) in [6.07, 6.45) is 0. The van der Waals surface area contributed by atoms with Crippen LogP contribution in [0.15, 0.2) is 24.3 Å². The van der Waals surface area contributed by atoms with Gasteiger partial charge in [0.25, 0.3) is 0 Å². The van der Waals surface area contributed by atoms with Crippen LogP contribution in [0.3, 0.4) is 0 Å². The summed E-state index contributed by atoms with van der Waals surface area (Å²) in [7, 11) is 1.37. The molecule has 0 aliphatic heterocycles. The van der Waals surface area contributed by atoms with Crippen LogP contribution in [-0.2, 0) is 9.53 Å². The van der Waals surface area contributed by atoms with E-state index in [4.69, 9.17) is 11.6 Å². The minimum absolute atomic E-state index is 0.270. The molecule has 13 heavy (non-hydrogen) atoms. The minimum atomic E-state index is -0.307. The Kier molecular flexibility index (Phi) is 3.32. The van der Waals surface area contributed by atoms with Crippen LogP contribution < -0.4 is 0 Å². The van der Waals surface area contributed by atoms with Crippen LogP contribution >= 0.6 is 11.6 Å². The molecule has 3 heteroatoms. The maximum Gasteiger partial charge on any atom is 0.312 e. The van der Waals surface area contributed by atoms with E-state index in [1.165, 1.54) is 7.11 Å². The summed E-state index contributed by atoms with van der Waals surface area (Å²) in [5.41, 5.74) is 0.802. The van der Waals surface area contributed by atoms with E-state index in [0.29, 0.717) is 5.02 Å². The predicted octanol–water partition coefficient (Wildman–Crippen LogP) is 2.62. The molecular formula is C10H11ClO2. The van der Waals surface area contributed by atoms with Crippen molar-refractivity contribution in [3.05, 3.63) is 34.9 Å². The normalized spacial score (nSPS) is 12.2. The molecule has 1 aromatic rings. The van der Waals surface area contributed by atoms with E-state index >= 15 is 0 Å². The Labute approximate surface area is 82.5 Å². The first-order valence-electron chi connectivity index (χ1n) is 3.99. The monoisotopic (exact) mass is 198 g/mol. The van der Waals surface area contributed by atoms with Gasteiger partial charge in [-0.15, -0.1) is 0 Å². The van der Waals surface area contributed by atoms with Crippen molar-refractivity contribution in [2.45, 2.75) is 12.8 Å². The lowest BCUT2D eigenvalue weighted by Gasteiger charge is -2.10. The SMILES string of the molecule is COC(=O)C(C)c1ccccc1Cl. The number of halogens is 1. The zero-order chi connectivity index (χ0) is 9.84. The second kappa shape index (κ2) is 4.28. The highest BCUT2D eigenvalue weighted by Gasteiger charge is 2.17. The molecule has 0 radical (unpaired) electrons. The Bertz CT molecular complexity index is 310. The molecule has 0 aliphatic carbocycles. The summed E-state index contributed by atoms with van der Waals surface area (Å²) >= 11 is 5.91. The number of carbonyl (C=O) groups is 1. The number of esters is 1. The van der Waals surface area contributed by atoms with Gasteiger partial charge in [-0.1, -0.05) is 29.8 Å². The summed E-state index contributed by atoms with van der Waals surface area (Å²) in [6.45, 7) is 1.77. The molecule has 2 nitrogen and oxygen atoms in total. The third-order valence-electron chi connectivity index (χ3n) is 1.93. The number of rotatable bonds is 2. The maximum absolute atomic E-state index is 11.2. The van der Waals surface area contributed by atoms with Crippen molar-refractivity contribution in [2.24, 2.45) is 0 Å². The van der Waals surface area contributed by atoms with Gasteiger partial charge in [0.05, 0.1) is 13.0 Å². The Morgan fingerprint density at radius 1 is 1.46 bits per heavy atom. The number of benzene rings is 1. The number of hydrogen-bond acceptors (Lipinski definition) is 2. The van der Waals surface area contributed by atoms with Crippen molar-refractivity contribution in [1.29, 1.82) is 0 Å². The van der Waals surface area contributed by atoms with Crippen LogP contribution in [0, 0.1) is 0 Å². The summed E-state index contributed by atoms with van der Waals surface area (Å²) in [4.78, 5) is 11.2. The van der Waals surface area contributed by atoms with Crippen molar-refractivity contribution in [3.8, 4) is 0 Å². The van der Waals surface area contributed by atoms with Gasteiger partial charge in [0, 0.05) is 5.02 Å². The molecule has 0 bridgehead atoms. The minimum Gasteiger partial charge on any atom is -0.469 e. The summed E-state index contributed by atoms with van der Waals surface area (Å²) in [6, 6.07) is 7.26. The average Bonchev–Trinajstić information content (AvgIpc) is 2.16. The molecule has 0 aromatic heterocycles. The molecule has 0 amide bonds. The molecule has 0 saturated heterocycles. The van der Waals surface area contributed by atoms with Crippen LogP contribution in [0.1, 0.15) is 18.4 Å². The fraction of sp³-hybridized carbons (Fsp3) is 0.300. The molecule has 0 N–H and O–H groups in total. The van der Waals surface area contributed by atoms with Crippen molar-refractivity contribution >= 4 is 17.6 Å². The molecule has 0 fully saturated rings. The first kappa shape index (κ1) is 10.1. The van der Waals surface area contributed by atoms with E-state index in [9.17, 15) is 4.79 Å². The van der Waals surface area contributed by atoms with E-state index in [1.54, 1.807) is 13.0 Å². The Balaban J connectivity index is 2.95. The fourth-order valence-electron chi connectivity index (χ4n) is 1.13. The highest BCUT2D eigenvalue weighted by Crippen LogP contribution is 2.24.